The molecular formula is C17H22F3N3O. The number of nitrogens with one attached hydrogen (secondary N) is 1. The van der Waals surface area contributed by atoms with Crippen LogP contribution < -0.4 is 5.32 Å². The Hall–Kier alpha value is -2.05. The Labute approximate surface area is 139 Å². The molecule has 0 spiro atoms. The van der Waals surface area contributed by atoms with Crippen molar-refractivity contribution in [2.24, 2.45) is 5.41 Å². The topological polar surface area (TPSA) is 46.9 Å². The Balaban J connectivity index is 2.60. The first-order valence-corrected chi connectivity index (χ1v) is 7.94. The van der Waals surface area contributed by atoms with Crippen LogP contribution in [0.2, 0.25) is 0 Å². The molecule has 0 aliphatic heterocycles. The van der Waals surface area contributed by atoms with Gasteiger partial charge in [0.2, 0.25) is 5.91 Å². The highest BCUT2D eigenvalue weighted by molar-refractivity contribution is 6.02. The molecule has 1 aromatic heterocycles. The zero-order valence-electron chi connectivity index (χ0n) is 14.3. The lowest BCUT2D eigenvalue weighted by molar-refractivity contribution is -0.136. The van der Waals surface area contributed by atoms with Crippen molar-refractivity contribution in [1.82, 2.24) is 9.78 Å². The Morgan fingerprint density at radius 1 is 1.25 bits per heavy atom. The summed E-state index contributed by atoms with van der Waals surface area (Å²) in [5.74, 6) is -0.117. The second kappa shape index (κ2) is 6.45. The Kier molecular flexibility index (Phi) is 4.92. The van der Waals surface area contributed by atoms with Crippen LogP contribution in [0.5, 0.6) is 0 Å². The number of unbranched alkanes of at least 4 members (excludes halogenated alkanes) is 1. The Bertz CT molecular complexity index is 742. The number of nitrogens with zero attached hydrogens (tertiary/aromatic N) is 2. The molecule has 0 saturated carbocycles. The van der Waals surface area contributed by atoms with Crippen molar-refractivity contribution in [3.05, 3.63) is 23.8 Å². The molecule has 0 aliphatic rings. The minimum Gasteiger partial charge on any atom is -0.308 e. The molecule has 0 bridgehead atoms. The number of rotatable bonds is 4. The van der Waals surface area contributed by atoms with Crippen molar-refractivity contribution in [2.45, 2.75) is 53.3 Å². The summed E-state index contributed by atoms with van der Waals surface area (Å²) in [6, 6.07) is 3.93. The van der Waals surface area contributed by atoms with Crippen LogP contribution in [0.1, 0.15) is 46.1 Å². The third-order valence-electron chi connectivity index (χ3n) is 3.71. The lowest BCUT2D eigenvalue weighted by Crippen LogP contribution is -2.27. The molecule has 0 aliphatic carbocycles. The van der Waals surface area contributed by atoms with Gasteiger partial charge in [0.1, 0.15) is 0 Å². The van der Waals surface area contributed by atoms with Crippen LogP contribution in [0.15, 0.2) is 18.2 Å². The summed E-state index contributed by atoms with van der Waals surface area (Å²) in [4.78, 5) is 12.2. The van der Waals surface area contributed by atoms with Gasteiger partial charge in [0.15, 0.2) is 5.82 Å². The van der Waals surface area contributed by atoms with Gasteiger partial charge in [0.25, 0.3) is 0 Å². The first-order valence-electron chi connectivity index (χ1n) is 7.94. The molecule has 1 N–H and O–H groups in total. The average molecular weight is 341 g/mol. The molecule has 24 heavy (non-hydrogen) atoms. The zero-order valence-corrected chi connectivity index (χ0v) is 14.3. The van der Waals surface area contributed by atoms with Gasteiger partial charge in [-0.15, -0.1) is 0 Å². The minimum atomic E-state index is -4.48. The van der Waals surface area contributed by atoms with Crippen molar-refractivity contribution in [3.63, 3.8) is 0 Å². The predicted molar refractivity (Wildman–Crippen MR) is 87.7 cm³/mol. The molecule has 0 atom stereocenters. The van der Waals surface area contributed by atoms with Gasteiger partial charge in [-0.2, -0.15) is 18.3 Å². The fourth-order valence-corrected chi connectivity index (χ4v) is 2.32. The molecule has 1 aromatic carbocycles. The molecule has 132 valence electrons. The molecule has 0 saturated heterocycles. The number of aryl methyl sites for hydroxylation is 1. The maximum absolute atomic E-state index is 13.4. The summed E-state index contributed by atoms with van der Waals surface area (Å²) >= 11 is 0. The lowest BCUT2D eigenvalue weighted by atomic mass is 9.96. The first kappa shape index (κ1) is 18.3. The van der Waals surface area contributed by atoms with E-state index < -0.39 is 17.2 Å². The van der Waals surface area contributed by atoms with Crippen LogP contribution >= 0.6 is 0 Å². The largest absolute Gasteiger partial charge is 0.418 e. The van der Waals surface area contributed by atoms with Gasteiger partial charge in [-0.25, -0.2) is 0 Å². The van der Waals surface area contributed by atoms with Crippen molar-refractivity contribution in [1.29, 1.82) is 0 Å². The number of hydrogen-bond donors (Lipinski definition) is 1. The summed E-state index contributed by atoms with van der Waals surface area (Å²) < 4.78 is 41.4. The molecule has 0 fully saturated rings. The molecule has 1 heterocycles. The van der Waals surface area contributed by atoms with Crippen LogP contribution in [-0.2, 0) is 17.5 Å². The third-order valence-corrected chi connectivity index (χ3v) is 3.71. The summed E-state index contributed by atoms with van der Waals surface area (Å²) in [5.41, 5.74) is -1.39. The van der Waals surface area contributed by atoms with Gasteiger partial charge in [-0.05, 0) is 18.6 Å². The van der Waals surface area contributed by atoms with Crippen LogP contribution in [0.25, 0.3) is 10.9 Å². The molecule has 7 heteroatoms. The number of para-hydroxylation sites is 1. The number of aromatic nitrogens is 2. The Morgan fingerprint density at radius 2 is 1.92 bits per heavy atom. The third kappa shape index (κ3) is 3.71. The van der Waals surface area contributed by atoms with E-state index in [1.54, 1.807) is 26.8 Å². The van der Waals surface area contributed by atoms with Crippen molar-refractivity contribution in [3.8, 4) is 0 Å². The maximum Gasteiger partial charge on any atom is 0.418 e. The smallest absolute Gasteiger partial charge is 0.308 e. The van der Waals surface area contributed by atoms with Gasteiger partial charge < -0.3 is 5.32 Å². The van der Waals surface area contributed by atoms with E-state index in [1.807, 2.05) is 6.92 Å². The number of carbonyl (C=O) groups is 1. The van der Waals surface area contributed by atoms with Gasteiger partial charge in [-0.1, -0.05) is 40.2 Å². The molecule has 4 nitrogen and oxygen atoms in total. The predicted octanol–water partition coefficient (Wildman–Crippen LogP) is 4.84. The van der Waals surface area contributed by atoms with E-state index in [0.717, 1.165) is 12.5 Å². The number of benzene rings is 1. The summed E-state index contributed by atoms with van der Waals surface area (Å²) in [5, 5.41) is 7.21. The van der Waals surface area contributed by atoms with Gasteiger partial charge in [0, 0.05) is 17.3 Å². The number of carbonyl (C=O) groups excluding carboxylic acids is 1. The number of amides is 1. The molecule has 1 amide bonds. The summed E-state index contributed by atoms with van der Waals surface area (Å²) in [6.07, 6.45) is -2.94. The maximum atomic E-state index is 13.4. The van der Waals surface area contributed by atoms with E-state index in [9.17, 15) is 18.0 Å². The summed E-state index contributed by atoms with van der Waals surface area (Å²) in [6.45, 7) is 7.53. The van der Waals surface area contributed by atoms with Gasteiger partial charge in [-0.3, -0.25) is 9.48 Å². The quantitative estimate of drug-likeness (QED) is 0.865. The van der Waals surface area contributed by atoms with Crippen LogP contribution in [-0.4, -0.2) is 15.7 Å². The highest BCUT2D eigenvalue weighted by Crippen LogP contribution is 2.37. The number of fused-ring (bicyclic) bond motifs is 1. The monoisotopic (exact) mass is 341 g/mol. The number of hydrogen-bond acceptors (Lipinski definition) is 2. The fourth-order valence-electron chi connectivity index (χ4n) is 2.32. The van der Waals surface area contributed by atoms with Crippen molar-refractivity contribution >= 4 is 22.6 Å². The SMILES string of the molecule is CCCCn1nc(NC(=O)C(C)(C)C)c2cccc(C(F)(F)F)c21. The standard InChI is InChI=1S/C17H22F3N3O/c1-5-6-10-23-13-11(8-7-9-12(13)17(18,19)20)14(22-23)21-15(24)16(2,3)4/h7-9H,5-6,10H2,1-4H3,(H,21,22,24). The van der Waals surface area contributed by atoms with E-state index >= 15 is 0 Å². The number of alkyl halides is 3. The number of anilines is 1. The fraction of sp³-hybridized carbons (Fsp3) is 0.529. The first-order chi connectivity index (χ1) is 11.1. The van der Waals surface area contributed by atoms with Gasteiger partial charge >= 0.3 is 6.18 Å². The van der Waals surface area contributed by atoms with Crippen molar-refractivity contribution in [2.75, 3.05) is 5.32 Å². The van der Waals surface area contributed by atoms with Crippen LogP contribution in [0, 0.1) is 5.41 Å². The lowest BCUT2D eigenvalue weighted by Gasteiger charge is -2.16. The van der Waals surface area contributed by atoms with Crippen molar-refractivity contribution < 1.29 is 18.0 Å². The highest BCUT2D eigenvalue weighted by atomic mass is 19.4. The number of halogens is 3. The molecule has 2 aromatic rings. The minimum absolute atomic E-state index is 0.0164. The zero-order chi connectivity index (χ0) is 18.1. The normalized spacial score (nSPS) is 12.6. The second-order valence-electron chi connectivity index (χ2n) is 6.83. The van der Waals surface area contributed by atoms with E-state index in [2.05, 4.69) is 10.4 Å². The molecule has 0 radical (unpaired) electrons. The highest BCUT2D eigenvalue weighted by Gasteiger charge is 2.35. The summed E-state index contributed by atoms with van der Waals surface area (Å²) in [7, 11) is 0. The Morgan fingerprint density at radius 3 is 2.46 bits per heavy atom. The molecule has 0 unspecified atom stereocenters. The second-order valence-corrected chi connectivity index (χ2v) is 6.83. The van der Waals surface area contributed by atoms with Crippen LogP contribution in [0.4, 0.5) is 19.0 Å². The van der Waals surface area contributed by atoms with Crippen LogP contribution in [0.3, 0.4) is 0 Å². The van der Waals surface area contributed by atoms with E-state index in [0.29, 0.717) is 18.4 Å². The molecule has 2 rings (SSSR count). The van der Waals surface area contributed by atoms with Gasteiger partial charge in [0.05, 0.1) is 11.1 Å². The van der Waals surface area contributed by atoms with E-state index in [1.165, 1.54) is 10.7 Å². The average Bonchev–Trinajstić information content (AvgIpc) is 2.81. The van der Waals surface area contributed by atoms with E-state index in [-0.39, 0.29) is 17.2 Å². The molecular weight excluding hydrogens is 319 g/mol. The van der Waals surface area contributed by atoms with E-state index in [4.69, 9.17) is 0 Å².